The summed E-state index contributed by atoms with van der Waals surface area (Å²) in [5.41, 5.74) is 3.41. The summed E-state index contributed by atoms with van der Waals surface area (Å²) in [5, 5.41) is 18.9. The summed E-state index contributed by atoms with van der Waals surface area (Å²) in [6, 6.07) is 11.4. The van der Waals surface area contributed by atoms with Crippen LogP contribution in [0, 0.1) is 11.3 Å². The van der Waals surface area contributed by atoms with E-state index in [-0.39, 0.29) is 0 Å². The molecular formula is C16H17N3O. The van der Waals surface area contributed by atoms with Crippen LogP contribution in [0.5, 0.6) is 0 Å². The Morgan fingerprint density at radius 3 is 2.60 bits per heavy atom. The molecule has 20 heavy (non-hydrogen) atoms. The fourth-order valence-corrected chi connectivity index (χ4v) is 2.14. The molecule has 1 atom stereocenters. The van der Waals surface area contributed by atoms with Crippen molar-refractivity contribution in [3.63, 3.8) is 0 Å². The number of aliphatic hydroxyl groups excluding tert-OH is 1. The van der Waals surface area contributed by atoms with Crippen molar-refractivity contribution in [3.8, 4) is 6.07 Å². The van der Waals surface area contributed by atoms with Crippen molar-refractivity contribution in [2.75, 3.05) is 11.9 Å². The molecule has 0 aliphatic carbocycles. The lowest BCUT2D eigenvalue weighted by Gasteiger charge is -2.24. The van der Waals surface area contributed by atoms with Gasteiger partial charge in [-0.3, -0.25) is 4.98 Å². The predicted molar refractivity (Wildman–Crippen MR) is 78.1 cm³/mol. The molecule has 102 valence electrons. The van der Waals surface area contributed by atoms with Crippen molar-refractivity contribution in [3.05, 3.63) is 59.4 Å². The van der Waals surface area contributed by atoms with Gasteiger partial charge in [0.05, 0.1) is 17.7 Å². The lowest BCUT2D eigenvalue weighted by Crippen LogP contribution is -2.18. The third-order valence-corrected chi connectivity index (χ3v) is 3.19. The summed E-state index contributed by atoms with van der Waals surface area (Å²) >= 11 is 0. The molecule has 0 fully saturated rings. The average Bonchev–Trinajstić information content (AvgIpc) is 2.47. The first-order valence-corrected chi connectivity index (χ1v) is 6.44. The van der Waals surface area contributed by atoms with E-state index in [2.05, 4.69) is 11.1 Å². The molecule has 0 unspecified atom stereocenters. The van der Waals surface area contributed by atoms with Gasteiger partial charge in [-0.1, -0.05) is 6.07 Å². The van der Waals surface area contributed by atoms with Gasteiger partial charge in [0.15, 0.2) is 0 Å². The van der Waals surface area contributed by atoms with Gasteiger partial charge >= 0.3 is 0 Å². The molecular weight excluding hydrogens is 250 g/mol. The van der Waals surface area contributed by atoms with Gasteiger partial charge in [0.1, 0.15) is 0 Å². The van der Waals surface area contributed by atoms with Gasteiger partial charge in [-0.15, -0.1) is 0 Å². The van der Waals surface area contributed by atoms with E-state index < -0.39 is 6.10 Å². The highest BCUT2D eigenvalue weighted by Gasteiger charge is 2.13. The van der Waals surface area contributed by atoms with Crippen LogP contribution < -0.4 is 4.90 Å². The Labute approximate surface area is 118 Å². The number of benzene rings is 1. The quantitative estimate of drug-likeness (QED) is 0.925. The van der Waals surface area contributed by atoms with Crippen LogP contribution in [-0.2, 0) is 6.54 Å². The molecule has 4 nitrogen and oxygen atoms in total. The third-order valence-electron chi connectivity index (χ3n) is 3.19. The van der Waals surface area contributed by atoms with Crippen molar-refractivity contribution < 1.29 is 5.11 Å². The molecule has 2 rings (SSSR count). The van der Waals surface area contributed by atoms with Gasteiger partial charge in [0, 0.05) is 37.2 Å². The first-order chi connectivity index (χ1) is 9.61. The monoisotopic (exact) mass is 267 g/mol. The van der Waals surface area contributed by atoms with Gasteiger partial charge in [-0.2, -0.15) is 5.26 Å². The standard InChI is InChI=1S/C16H17N3O/c1-12(20)15-4-3-14(10-17)9-16(15)19(2)11-13-5-7-18-8-6-13/h3-9,12,20H,11H2,1-2H3/t12-/m0/s1. The maximum absolute atomic E-state index is 9.86. The van der Waals surface area contributed by atoms with Crippen molar-refractivity contribution in [2.45, 2.75) is 19.6 Å². The van der Waals surface area contributed by atoms with Gasteiger partial charge in [-0.05, 0) is 36.8 Å². The molecule has 0 radical (unpaired) electrons. The van der Waals surface area contributed by atoms with E-state index in [1.807, 2.05) is 36.2 Å². The van der Waals surface area contributed by atoms with Crippen molar-refractivity contribution in [1.82, 2.24) is 4.98 Å². The SMILES string of the molecule is C[C@H](O)c1ccc(C#N)cc1N(C)Cc1ccncc1. The molecule has 1 heterocycles. The molecule has 1 N–H and O–H groups in total. The van der Waals surface area contributed by atoms with Crippen LogP contribution in [0.1, 0.15) is 29.7 Å². The summed E-state index contributed by atoms with van der Waals surface area (Å²) in [6.45, 7) is 2.42. The van der Waals surface area contributed by atoms with Crippen LogP contribution in [0.15, 0.2) is 42.7 Å². The number of nitrogens with zero attached hydrogens (tertiary/aromatic N) is 3. The van der Waals surface area contributed by atoms with E-state index >= 15 is 0 Å². The second-order valence-electron chi connectivity index (χ2n) is 4.77. The lowest BCUT2D eigenvalue weighted by atomic mass is 10.0. The molecule has 0 saturated carbocycles. The largest absolute Gasteiger partial charge is 0.389 e. The Morgan fingerprint density at radius 2 is 2.00 bits per heavy atom. The van der Waals surface area contributed by atoms with Crippen LogP contribution in [0.4, 0.5) is 5.69 Å². The molecule has 1 aromatic carbocycles. The second kappa shape index (κ2) is 6.18. The van der Waals surface area contributed by atoms with Crippen LogP contribution in [0.3, 0.4) is 0 Å². The highest BCUT2D eigenvalue weighted by molar-refractivity contribution is 5.58. The normalized spacial score (nSPS) is 11.7. The topological polar surface area (TPSA) is 60.1 Å². The molecule has 4 heteroatoms. The van der Waals surface area contributed by atoms with Crippen LogP contribution in [0.25, 0.3) is 0 Å². The lowest BCUT2D eigenvalue weighted by molar-refractivity contribution is 0.199. The number of nitriles is 1. The Balaban J connectivity index is 2.32. The minimum Gasteiger partial charge on any atom is -0.389 e. The molecule has 0 aliphatic rings. The first kappa shape index (κ1) is 14.0. The number of anilines is 1. The highest BCUT2D eigenvalue weighted by atomic mass is 16.3. The number of hydrogen-bond acceptors (Lipinski definition) is 4. The van der Waals surface area contributed by atoms with Gasteiger partial charge in [0.2, 0.25) is 0 Å². The molecule has 2 aromatic rings. The number of aliphatic hydroxyl groups is 1. The fraction of sp³-hybridized carbons (Fsp3) is 0.250. The maximum atomic E-state index is 9.86. The Hall–Kier alpha value is -2.38. The van der Waals surface area contributed by atoms with Crippen LogP contribution in [0.2, 0.25) is 0 Å². The maximum Gasteiger partial charge on any atom is 0.0992 e. The van der Waals surface area contributed by atoms with E-state index in [9.17, 15) is 5.11 Å². The van der Waals surface area contributed by atoms with Gasteiger partial charge in [-0.25, -0.2) is 0 Å². The zero-order valence-electron chi connectivity index (χ0n) is 11.6. The highest BCUT2D eigenvalue weighted by Crippen LogP contribution is 2.27. The van der Waals surface area contributed by atoms with E-state index in [1.54, 1.807) is 25.4 Å². The predicted octanol–water partition coefficient (Wildman–Crippen LogP) is 2.64. The molecule has 1 aromatic heterocycles. The minimum absolute atomic E-state index is 0.572. The van der Waals surface area contributed by atoms with E-state index in [0.717, 1.165) is 16.8 Å². The number of rotatable bonds is 4. The Morgan fingerprint density at radius 1 is 1.30 bits per heavy atom. The zero-order valence-corrected chi connectivity index (χ0v) is 11.6. The van der Waals surface area contributed by atoms with Crippen molar-refractivity contribution >= 4 is 5.69 Å². The summed E-state index contributed by atoms with van der Waals surface area (Å²) in [5.74, 6) is 0. The van der Waals surface area contributed by atoms with Crippen molar-refractivity contribution in [1.29, 1.82) is 5.26 Å². The second-order valence-corrected chi connectivity index (χ2v) is 4.77. The summed E-state index contributed by atoms with van der Waals surface area (Å²) < 4.78 is 0. The summed E-state index contributed by atoms with van der Waals surface area (Å²) in [7, 11) is 1.95. The molecule has 0 saturated heterocycles. The van der Waals surface area contributed by atoms with Crippen molar-refractivity contribution in [2.24, 2.45) is 0 Å². The first-order valence-electron chi connectivity index (χ1n) is 6.44. The smallest absolute Gasteiger partial charge is 0.0992 e. The molecule has 0 bridgehead atoms. The minimum atomic E-state index is -0.572. The van der Waals surface area contributed by atoms with Crippen LogP contribution >= 0.6 is 0 Å². The summed E-state index contributed by atoms with van der Waals surface area (Å²) in [4.78, 5) is 6.02. The Bertz CT molecular complexity index is 617. The van der Waals surface area contributed by atoms with E-state index in [0.29, 0.717) is 12.1 Å². The van der Waals surface area contributed by atoms with Gasteiger partial charge in [0.25, 0.3) is 0 Å². The number of hydrogen-bond donors (Lipinski definition) is 1. The van der Waals surface area contributed by atoms with Crippen LogP contribution in [-0.4, -0.2) is 17.1 Å². The van der Waals surface area contributed by atoms with E-state index in [1.165, 1.54) is 0 Å². The Kier molecular flexibility index (Phi) is 4.34. The number of aromatic nitrogens is 1. The van der Waals surface area contributed by atoms with Gasteiger partial charge < -0.3 is 10.0 Å². The van der Waals surface area contributed by atoms with E-state index in [4.69, 9.17) is 5.26 Å². The zero-order chi connectivity index (χ0) is 14.5. The number of pyridine rings is 1. The molecule has 0 aliphatic heterocycles. The summed E-state index contributed by atoms with van der Waals surface area (Å²) in [6.07, 6.45) is 2.94. The fourth-order valence-electron chi connectivity index (χ4n) is 2.14. The molecule has 0 spiro atoms. The molecule has 0 amide bonds. The third kappa shape index (κ3) is 3.14. The average molecular weight is 267 g/mol.